The highest BCUT2D eigenvalue weighted by molar-refractivity contribution is 5.93. The van der Waals surface area contributed by atoms with Gasteiger partial charge in [0.15, 0.2) is 0 Å². The number of amides is 2. The minimum Gasteiger partial charge on any atom is -0.378 e. The van der Waals surface area contributed by atoms with Crippen LogP contribution in [0, 0.1) is 0 Å². The van der Waals surface area contributed by atoms with Crippen molar-refractivity contribution < 1.29 is 14.3 Å². The standard InChI is InChI=1S/C16H22N4O3/c1-12(21)18-13-3-5-20(11-13)14-2-4-17-15(10-14)16(22)19-6-8-23-9-7-19/h2,4,10,13H,3,5-9,11H2,1H3,(H,18,21)/t13-/m0/s1. The van der Waals surface area contributed by atoms with Gasteiger partial charge in [-0.05, 0) is 18.6 Å². The summed E-state index contributed by atoms with van der Waals surface area (Å²) in [7, 11) is 0. The molecular formula is C16H22N4O3. The largest absolute Gasteiger partial charge is 0.378 e. The Kier molecular flexibility index (Phi) is 4.76. The van der Waals surface area contributed by atoms with Crippen molar-refractivity contribution in [3.63, 3.8) is 0 Å². The van der Waals surface area contributed by atoms with Crippen molar-refractivity contribution in [3.8, 4) is 0 Å². The predicted molar refractivity (Wildman–Crippen MR) is 85.4 cm³/mol. The molecule has 2 fully saturated rings. The highest BCUT2D eigenvalue weighted by Crippen LogP contribution is 2.21. The Labute approximate surface area is 135 Å². The molecule has 0 aliphatic carbocycles. The van der Waals surface area contributed by atoms with Crippen LogP contribution in [-0.2, 0) is 9.53 Å². The minimum atomic E-state index is -0.0484. The van der Waals surface area contributed by atoms with Crippen LogP contribution in [0.4, 0.5) is 5.69 Å². The number of hydrogen-bond donors (Lipinski definition) is 1. The highest BCUT2D eigenvalue weighted by atomic mass is 16.5. The predicted octanol–water partition coefficient (Wildman–Crippen LogP) is 0.269. The molecule has 0 aromatic carbocycles. The summed E-state index contributed by atoms with van der Waals surface area (Å²) < 4.78 is 5.28. The molecule has 2 amide bonds. The Bertz CT molecular complexity index is 586. The Morgan fingerprint density at radius 3 is 2.83 bits per heavy atom. The van der Waals surface area contributed by atoms with Gasteiger partial charge < -0.3 is 19.9 Å². The number of anilines is 1. The highest BCUT2D eigenvalue weighted by Gasteiger charge is 2.25. The minimum absolute atomic E-state index is 0.00485. The molecule has 1 atom stereocenters. The van der Waals surface area contributed by atoms with Crippen LogP contribution in [0.2, 0.25) is 0 Å². The number of rotatable bonds is 3. The Morgan fingerprint density at radius 1 is 1.30 bits per heavy atom. The van der Waals surface area contributed by atoms with Crippen molar-refractivity contribution >= 4 is 17.5 Å². The summed E-state index contributed by atoms with van der Waals surface area (Å²) in [6, 6.07) is 3.92. The molecule has 1 N–H and O–H groups in total. The van der Waals surface area contributed by atoms with Gasteiger partial charge in [0.05, 0.1) is 13.2 Å². The van der Waals surface area contributed by atoms with Gasteiger partial charge in [0.2, 0.25) is 5.91 Å². The van der Waals surface area contributed by atoms with Crippen LogP contribution >= 0.6 is 0 Å². The van der Waals surface area contributed by atoms with Crippen molar-refractivity contribution in [2.75, 3.05) is 44.3 Å². The number of carbonyl (C=O) groups is 2. The molecule has 2 aliphatic heterocycles. The number of nitrogens with zero attached hydrogens (tertiary/aromatic N) is 3. The third kappa shape index (κ3) is 3.79. The lowest BCUT2D eigenvalue weighted by atomic mass is 10.2. The first kappa shape index (κ1) is 15.7. The second kappa shape index (κ2) is 6.95. The van der Waals surface area contributed by atoms with Crippen molar-refractivity contribution in [1.82, 2.24) is 15.2 Å². The normalized spacial score (nSPS) is 21.3. The van der Waals surface area contributed by atoms with Gasteiger partial charge in [-0.3, -0.25) is 14.6 Å². The molecule has 0 saturated carbocycles. The summed E-state index contributed by atoms with van der Waals surface area (Å²) in [6.45, 7) is 5.53. The fourth-order valence-corrected chi connectivity index (χ4v) is 3.06. The van der Waals surface area contributed by atoms with Crippen LogP contribution < -0.4 is 10.2 Å². The lowest BCUT2D eigenvalue weighted by Gasteiger charge is -2.27. The molecule has 1 aromatic heterocycles. The molecule has 2 saturated heterocycles. The summed E-state index contributed by atoms with van der Waals surface area (Å²) in [5.74, 6) is -0.0532. The number of ether oxygens (including phenoxy) is 1. The molecule has 0 radical (unpaired) electrons. The van der Waals surface area contributed by atoms with Gasteiger partial charge in [-0.2, -0.15) is 0 Å². The Morgan fingerprint density at radius 2 is 2.09 bits per heavy atom. The van der Waals surface area contributed by atoms with Gasteiger partial charge in [0.1, 0.15) is 5.69 Å². The summed E-state index contributed by atoms with van der Waals surface area (Å²) in [4.78, 5) is 31.9. The summed E-state index contributed by atoms with van der Waals surface area (Å²) in [5, 5.41) is 2.95. The first-order valence-electron chi connectivity index (χ1n) is 7.98. The molecule has 3 heterocycles. The van der Waals surface area contributed by atoms with Crippen LogP contribution in [0.25, 0.3) is 0 Å². The first-order valence-corrected chi connectivity index (χ1v) is 7.98. The second-order valence-corrected chi connectivity index (χ2v) is 5.94. The van der Waals surface area contributed by atoms with Crippen molar-refractivity contribution in [3.05, 3.63) is 24.0 Å². The molecule has 7 heteroatoms. The van der Waals surface area contributed by atoms with E-state index in [0.29, 0.717) is 32.0 Å². The first-order chi connectivity index (χ1) is 11.1. The fraction of sp³-hybridized carbons (Fsp3) is 0.562. The lowest BCUT2D eigenvalue weighted by molar-refractivity contribution is -0.119. The molecule has 23 heavy (non-hydrogen) atoms. The van der Waals surface area contributed by atoms with Gasteiger partial charge in [0, 0.05) is 51.0 Å². The number of aromatic nitrogens is 1. The van der Waals surface area contributed by atoms with Crippen LogP contribution in [0.5, 0.6) is 0 Å². The van der Waals surface area contributed by atoms with Gasteiger partial charge in [-0.25, -0.2) is 0 Å². The van der Waals surface area contributed by atoms with Crippen LogP contribution in [0.3, 0.4) is 0 Å². The quantitative estimate of drug-likeness (QED) is 0.866. The summed E-state index contributed by atoms with van der Waals surface area (Å²) >= 11 is 0. The van der Waals surface area contributed by atoms with E-state index in [2.05, 4.69) is 15.2 Å². The van der Waals surface area contributed by atoms with Crippen LogP contribution in [0.15, 0.2) is 18.3 Å². The van der Waals surface area contributed by atoms with E-state index in [1.54, 1.807) is 11.1 Å². The van der Waals surface area contributed by atoms with Crippen LogP contribution in [0.1, 0.15) is 23.8 Å². The number of hydrogen-bond acceptors (Lipinski definition) is 5. The molecule has 1 aromatic rings. The monoisotopic (exact) mass is 318 g/mol. The van der Waals surface area contributed by atoms with Crippen molar-refractivity contribution in [2.45, 2.75) is 19.4 Å². The number of nitrogens with one attached hydrogen (secondary N) is 1. The lowest BCUT2D eigenvalue weighted by Crippen LogP contribution is -2.41. The summed E-state index contributed by atoms with van der Waals surface area (Å²) in [5.41, 5.74) is 1.44. The van der Waals surface area contributed by atoms with Gasteiger partial charge >= 0.3 is 0 Å². The molecule has 0 bridgehead atoms. The Hall–Kier alpha value is -2.15. The van der Waals surface area contributed by atoms with Crippen molar-refractivity contribution in [1.29, 1.82) is 0 Å². The third-order valence-electron chi connectivity index (χ3n) is 4.22. The average molecular weight is 318 g/mol. The fourth-order valence-electron chi connectivity index (χ4n) is 3.06. The molecule has 0 unspecified atom stereocenters. The number of pyridine rings is 1. The smallest absolute Gasteiger partial charge is 0.272 e. The molecule has 3 rings (SSSR count). The maximum Gasteiger partial charge on any atom is 0.272 e. The van der Waals surface area contributed by atoms with E-state index in [4.69, 9.17) is 4.74 Å². The third-order valence-corrected chi connectivity index (χ3v) is 4.22. The van der Waals surface area contributed by atoms with Crippen LogP contribution in [-0.4, -0.2) is 67.1 Å². The molecular weight excluding hydrogens is 296 g/mol. The van der Waals surface area contributed by atoms with E-state index in [1.165, 1.54) is 6.92 Å². The number of morpholine rings is 1. The molecule has 2 aliphatic rings. The maximum absolute atomic E-state index is 12.5. The zero-order chi connectivity index (χ0) is 16.2. The summed E-state index contributed by atoms with van der Waals surface area (Å²) in [6.07, 6.45) is 2.59. The van der Waals surface area contributed by atoms with E-state index < -0.39 is 0 Å². The van der Waals surface area contributed by atoms with E-state index in [-0.39, 0.29) is 17.9 Å². The van der Waals surface area contributed by atoms with Gasteiger partial charge in [0.25, 0.3) is 5.91 Å². The number of carbonyl (C=O) groups excluding carboxylic acids is 2. The maximum atomic E-state index is 12.5. The molecule has 7 nitrogen and oxygen atoms in total. The second-order valence-electron chi connectivity index (χ2n) is 5.94. The van der Waals surface area contributed by atoms with E-state index >= 15 is 0 Å². The van der Waals surface area contributed by atoms with E-state index in [9.17, 15) is 9.59 Å². The van der Waals surface area contributed by atoms with Gasteiger partial charge in [-0.1, -0.05) is 0 Å². The average Bonchev–Trinajstić information content (AvgIpc) is 3.03. The van der Waals surface area contributed by atoms with Crippen molar-refractivity contribution in [2.24, 2.45) is 0 Å². The van der Waals surface area contributed by atoms with E-state index in [1.807, 2.05) is 12.1 Å². The zero-order valence-electron chi connectivity index (χ0n) is 13.3. The zero-order valence-corrected chi connectivity index (χ0v) is 13.3. The molecule has 0 spiro atoms. The Balaban J connectivity index is 1.68. The topological polar surface area (TPSA) is 74.8 Å². The molecule has 124 valence electrons. The SMILES string of the molecule is CC(=O)N[C@H]1CCN(c2ccnc(C(=O)N3CCOCC3)c2)C1. The van der Waals surface area contributed by atoms with E-state index in [0.717, 1.165) is 25.2 Å². The van der Waals surface area contributed by atoms with Gasteiger partial charge in [-0.15, -0.1) is 0 Å².